The van der Waals surface area contributed by atoms with Crippen LogP contribution in [0.2, 0.25) is 0 Å². The number of carbonyl (C=O) groups is 2. The third-order valence-corrected chi connectivity index (χ3v) is 5.01. The third kappa shape index (κ3) is 7.21. The number of ether oxygens (including phenoxy) is 2. The highest BCUT2D eigenvalue weighted by Crippen LogP contribution is 2.28. The number of ketones is 1. The average molecular weight is 412 g/mol. The minimum Gasteiger partial charge on any atom is -0.493 e. The minimum atomic E-state index is -0.409. The third-order valence-electron chi connectivity index (χ3n) is 5.01. The summed E-state index contributed by atoms with van der Waals surface area (Å²) in [5.74, 6) is 1.44. The number of hydrogen-bond acceptors (Lipinski definition) is 4. The van der Waals surface area contributed by atoms with E-state index in [9.17, 15) is 9.59 Å². The van der Waals surface area contributed by atoms with Crippen LogP contribution in [0.3, 0.4) is 0 Å². The maximum absolute atomic E-state index is 12.2. The van der Waals surface area contributed by atoms with Gasteiger partial charge in [0.2, 0.25) is 5.91 Å². The van der Waals surface area contributed by atoms with Crippen LogP contribution in [0.1, 0.15) is 51.2 Å². The molecule has 2 rings (SSSR count). The summed E-state index contributed by atoms with van der Waals surface area (Å²) in [4.78, 5) is 24.2. The summed E-state index contributed by atoms with van der Waals surface area (Å²) in [5.41, 5.74) is 2.72. The van der Waals surface area contributed by atoms with Gasteiger partial charge >= 0.3 is 0 Å². The number of amides is 1. The molecule has 0 aliphatic heterocycles. The fourth-order valence-corrected chi connectivity index (χ4v) is 3.16. The normalized spacial score (nSPS) is 11.1. The lowest BCUT2D eigenvalue weighted by atomic mass is 9.88. The number of carbonyl (C=O) groups excluding carboxylic acids is 2. The zero-order chi connectivity index (χ0) is 22.1. The summed E-state index contributed by atoms with van der Waals surface area (Å²) in [6.45, 7) is 5.62. The van der Waals surface area contributed by atoms with Crippen LogP contribution < -0.4 is 14.8 Å². The Hall–Kier alpha value is -2.82. The van der Waals surface area contributed by atoms with Crippen molar-refractivity contribution in [2.24, 2.45) is 5.41 Å². The van der Waals surface area contributed by atoms with Gasteiger partial charge in [-0.25, -0.2) is 0 Å². The molecule has 0 aromatic heterocycles. The van der Waals surface area contributed by atoms with Crippen LogP contribution in [0.5, 0.6) is 11.5 Å². The van der Waals surface area contributed by atoms with Crippen molar-refractivity contribution >= 4 is 17.4 Å². The Labute approximate surface area is 179 Å². The first-order chi connectivity index (χ1) is 14.2. The number of methoxy groups -OCH3 is 2. The van der Waals surface area contributed by atoms with Gasteiger partial charge in [-0.05, 0) is 54.7 Å². The van der Waals surface area contributed by atoms with E-state index in [0.717, 1.165) is 36.4 Å². The number of nitrogens with one attached hydrogen (secondary N) is 1. The van der Waals surface area contributed by atoms with E-state index >= 15 is 0 Å². The number of rotatable bonds is 10. The van der Waals surface area contributed by atoms with Gasteiger partial charge in [-0.1, -0.05) is 39.0 Å². The molecule has 0 aliphatic carbocycles. The molecule has 0 aliphatic rings. The van der Waals surface area contributed by atoms with Gasteiger partial charge in [0, 0.05) is 23.9 Å². The zero-order valence-electron chi connectivity index (χ0n) is 18.7. The number of Topliss-reactive ketones (excluding diaryl/α,β-unsaturated/α-hetero) is 1. The van der Waals surface area contributed by atoms with Gasteiger partial charge in [-0.15, -0.1) is 0 Å². The zero-order valence-corrected chi connectivity index (χ0v) is 18.7. The lowest BCUT2D eigenvalue weighted by Crippen LogP contribution is -2.22. The molecule has 5 heteroatoms. The summed E-state index contributed by atoms with van der Waals surface area (Å²) in [5, 5.41) is 2.90. The Morgan fingerprint density at radius 2 is 1.53 bits per heavy atom. The summed E-state index contributed by atoms with van der Waals surface area (Å²) in [7, 11) is 3.27. The van der Waals surface area contributed by atoms with E-state index in [1.807, 2.05) is 51.1 Å². The van der Waals surface area contributed by atoms with Crippen LogP contribution in [0.15, 0.2) is 42.5 Å². The van der Waals surface area contributed by atoms with Crippen LogP contribution in [0.4, 0.5) is 5.69 Å². The van der Waals surface area contributed by atoms with Gasteiger partial charge in [-0.2, -0.15) is 0 Å². The molecule has 5 nitrogen and oxygen atoms in total. The Morgan fingerprint density at radius 3 is 2.17 bits per heavy atom. The molecule has 0 saturated heterocycles. The molecule has 0 unspecified atom stereocenters. The quantitative estimate of drug-likeness (QED) is 0.583. The van der Waals surface area contributed by atoms with Crippen LogP contribution >= 0.6 is 0 Å². The Balaban J connectivity index is 1.85. The Bertz CT molecular complexity index is 868. The predicted octanol–water partition coefficient (Wildman–Crippen LogP) is 5.21. The molecule has 0 radical (unpaired) electrons. The molecule has 30 heavy (non-hydrogen) atoms. The Morgan fingerprint density at radius 1 is 0.867 bits per heavy atom. The number of hydrogen-bond donors (Lipinski definition) is 1. The van der Waals surface area contributed by atoms with Crippen molar-refractivity contribution in [3.63, 3.8) is 0 Å². The summed E-state index contributed by atoms with van der Waals surface area (Å²) >= 11 is 0. The maximum Gasteiger partial charge on any atom is 0.224 e. The summed E-state index contributed by atoms with van der Waals surface area (Å²) in [6.07, 6.45) is 3.28. The molecule has 0 atom stereocenters. The van der Waals surface area contributed by atoms with Gasteiger partial charge in [0.15, 0.2) is 11.5 Å². The van der Waals surface area contributed by atoms with Crippen molar-refractivity contribution < 1.29 is 19.1 Å². The minimum absolute atomic E-state index is 0.0987. The molecule has 0 heterocycles. The van der Waals surface area contributed by atoms with Crippen molar-refractivity contribution in [2.75, 3.05) is 19.5 Å². The first kappa shape index (κ1) is 23.5. The SMILES string of the molecule is COc1ccc(CCCc2cccc(NC(=O)CCC(=O)C(C)(C)C)c2)cc1OC. The maximum atomic E-state index is 12.2. The van der Waals surface area contributed by atoms with Crippen LogP contribution in [0, 0.1) is 5.41 Å². The molecule has 2 aromatic carbocycles. The number of anilines is 1. The fraction of sp³-hybridized carbons (Fsp3) is 0.440. The van der Waals surface area contributed by atoms with E-state index in [1.165, 1.54) is 11.1 Å². The van der Waals surface area contributed by atoms with Gasteiger partial charge in [-0.3, -0.25) is 9.59 Å². The summed E-state index contributed by atoms with van der Waals surface area (Å²) < 4.78 is 10.6. The second kappa shape index (κ2) is 10.8. The molecule has 0 bridgehead atoms. The molecule has 0 saturated carbocycles. The highest BCUT2D eigenvalue weighted by atomic mass is 16.5. The second-order valence-corrected chi connectivity index (χ2v) is 8.46. The van der Waals surface area contributed by atoms with Gasteiger partial charge in [0.1, 0.15) is 5.78 Å². The van der Waals surface area contributed by atoms with Crippen LogP contribution in [-0.2, 0) is 22.4 Å². The highest BCUT2D eigenvalue weighted by molar-refractivity contribution is 5.94. The average Bonchev–Trinajstić information content (AvgIpc) is 2.71. The molecule has 1 N–H and O–H groups in total. The van der Waals surface area contributed by atoms with Crippen molar-refractivity contribution in [3.05, 3.63) is 53.6 Å². The molecule has 0 fully saturated rings. The molecule has 162 valence electrons. The summed E-state index contributed by atoms with van der Waals surface area (Å²) in [6, 6.07) is 13.9. The van der Waals surface area contributed by atoms with Crippen molar-refractivity contribution in [3.8, 4) is 11.5 Å². The van der Waals surface area contributed by atoms with E-state index in [4.69, 9.17) is 9.47 Å². The fourth-order valence-electron chi connectivity index (χ4n) is 3.16. The van der Waals surface area contributed by atoms with E-state index in [1.54, 1.807) is 14.2 Å². The number of aryl methyl sites for hydroxylation is 2. The van der Waals surface area contributed by atoms with Crippen molar-refractivity contribution in [1.29, 1.82) is 0 Å². The number of benzene rings is 2. The van der Waals surface area contributed by atoms with Crippen LogP contribution in [-0.4, -0.2) is 25.9 Å². The van der Waals surface area contributed by atoms with E-state index < -0.39 is 5.41 Å². The lowest BCUT2D eigenvalue weighted by molar-refractivity contribution is -0.128. The topological polar surface area (TPSA) is 64.6 Å². The van der Waals surface area contributed by atoms with E-state index in [0.29, 0.717) is 0 Å². The first-order valence-corrected chi connectivity index (χ1v) is 10.4. The van der Waals surface area contributed by atoms with Gasteiger partial charge in [0.05, 0.1) is 14.2 Å². The van der Waals surface area contributed by atoms with Gasteiger partial charge in [0.25, 0.3) is 0 Å². The first-order valence-electron chi connectivity index (χ1n) is 10.4. The molecular weight excluding hydrogens is 378 g/mol. The van der Waals surface area contributed by atoms with E-state index in [2.05, 4.69) is 17.4 Å². The molecule has 0 spiro atoms. The highest BCUT2D eigenvalue weighted by Gasteiger charge is 2.21. The van der Waals surface area contributed by atoms with Gasteiger partial charge < -0.3 is 14.8 Å². The largest absolute Gasteiger partial charge is 0.493 e. The molecule has 2 aromatic rings. The van der Waals surface area contributed by atoms with E-state index in [-0.39, 0.29) is 24.5 Å². The predicted molar refractivity (Wildman–Crippen MR) is 120 cm³/mol. The van der Waals surface area contributed by atoms with Crippen LogP contribution in [0.25, 0.3) is 0 Å². The Kier molecular flexibility index (Phi) is 8.46. The smallest absolute Gasteiger partial charge is 0.224 e. The lowest BCUT2D eigenvalue weighted by Gasteiger charge is -2.16. The monoisotopic (exact) mass is 411 g/mol. The molecule has 1 amide bonds. The second-order valence-electron chi connectivity index (χ2n) is 8.46. The molecular formula is C25H33NO4. The standard InChI is InChI=1S/C25H33NO4/c1-25(2,3)23(27)14-15-24(28)26-20-11-7-10-18(16-20)8-6-9-19-12-13-21(29-4)22(17-19)30-5/h7,10-13,16-17H,6,8-9,14-15H2,1-5H3,(H,26,28). The van der Waals surface area contributed by atoms with Crippen molar-refractivity contribution in [1.82, 2.24) is 0 Å². The van der Waals surface area contributed by atoms with Crippen molar-refractivity contribution in [2.45, 2.75) is 52.9 Å².